The zero-order valence-electron chi connectivity index (χ0n) is 10.2. The third-order valence-corrected chi connectivity index (χ3v) is 4.28. The average Bonchev–Trinajstić information content (AvgIpc) is 3.11. The van der Waals surface area contributed by atoms with Gasteiger partial charge in [0.2, 0.25) is 0 Å². The molecule has 4 rings (SSSR count). The summed E-state index contributed by atoms with van der Waals surface area (Å²) in [6, 6.07) is 8.84. The fourth-order valence-electron chi connectivity index (χ4n) is 3.38. The molecule has 2 bridgehead atoms. The Morgan fingerprint density at radius 3 is 2.72 bits per heavy atom. The Kier molecular flexibility index (Phi) is 2.01. The molecule has 0 aromatic heterocycles. The van der Waals surface area contributed by atoms with Crippen LogP contribution in [0.2, 0.25) is 0 Å². The van der Waals surface area contributed by atoms with Crippen LogP contribution >= 0.6 is 0 Å². The number of benzene rings is 1. The second-order valence-electron chi connectivity index (χ2n) is 5.18. The molecule has 4 nitrogen and oxygen atoms in total. The molecule has 0 saturated heterocycles. The van der Waals surface area contributed by atoms with E-state index in [4.69, 9.17) is 4.74 Å². The number of hydrogen-bond acceptors (Lipinski definition) is 4. The molecule has 1 fully saturated rings. The maximum absolute atomic E-state index is 5.18. The molecule has 1 aromatic rings. The molecule has 1 aliphatic heterocycles. The summed E-state index contributed by atoms with van der Waals surface area (Å²) in [7, 11) is 1.68. The Balaban J connectivity index is 1.65. The number of anilines is 1. The summed E-state index contributed by atoms with van der Waals surface area (Å²) in [6.45, 7) is 0. The van der Waals surface area contributed by atoms with Crippen LogP contribution in [0.5, 0.6) is 5.75 Å². The minimum absolute atomic E-state index is 0.363. The lowest BCUT2D eigenvalue weighted by molar-refractivity contribution is 0.414. The van der Waals surface area contributed by atoms with Crippen LogP contribution in [0.4, 0.5) is 5.69 Å². The standard InChI is InChI=1S/C14H15N3O/c1-18-12-6-4-11(5-7-12)17-14-10-3-2-9(8-10)13(14)15-16-17/h2-7,9-10,13-14H,8H2,1H3. The zero-order valence-corrected chi connectivity index (χ0v) is 10.2. The van der Waals surface area contributed by atoms with Gasteiger partial charge < -0.3 is 4.74 Å². The van der Waals surface area contributed by atoms with Gasteiger partial charge in [0.25, 0.3) is 0 Å². The Morgan fingerprint density at radius 1 is 1.17 bits per heavy atom. The van der Waals surface area contributed by atoms with Crippen LogP contribution in [0.25, 0.3) is 0 Å². The van der Waals surface area contributed by atoms with E-state index in [1.54, 1.807) is 7.11 Å². The summed E-state index contributed by atoms with van der Waals surface area (Å²) in [5.41, 5.74) is 1.10. The highest BCUT2D eigenvalue weighted by atomic mass is 16.5. The summed E-state index contributed by atoms with van der Waals surface area (Å²) in [5.74, 6) is 2.09. The number of ether oxygens (including phenoxy) is 1. The molecule has 1 heterocycles. The number of methoxy groups -OCH3 is 1. The van der Waals surface area contributed by atoms with Crippen molar-refractivity contribution in [3.05, 3.63) is 36.4 Å². The first-order valence-corrected chi connectivity index (χ1v) is 6.39. The van der Waals surface area contributed by atoms with Crippen molar-refractivity contribution in [2.24, 2.45) is 22.2 Å². The van der Waals surface area contributed by atoms with Crippen molar-refractivity contribution >= 4 is 5.69 Å². The minimum Gasteiger partial charge on any atom is -0.497 e. The number of rotatable bonds is 2. The Bertz CT molecular complexity index is 522. The average molecular weight is 241 g/mol. The number of fused-ring (bicyclic) bond motifs is 5. The molecule has 0 spiro atoms. The van der Waals surface area contributed by atoms with Gasteiger partial charge in [0.05, 0.1) is 18.8 Å². The predicted molar refractivity (Wildman–Crippen MR) is 68.6 cm³/mol. The van der Waals surface area contributed by atoms with Crippen molar-refractivity contribution in [2.45, 2.75) is 18.5 Å². The van der Waals surface area contributed by atoms with E-state index in [1.807, 2.05) is 12.1 Å². The summed E-state index contributed by atoms with van der Waals surface area (Å²) >= 11 is 0. The van der Waals surface area contributed by atoms with Crippen molar-refractivity contribution in [3.8, 4) is 5.75 Å². The van der Waals surface area contributed by atoms with Crippen molar-refractivity contribution in [1.82, 2.24) is 0 Å². The van der Waals surface area contributed by atoms with Gasteiger partial charge in [-0.2, -0.15) is 5.11 Å². The third-order valence-electron chi connectivity index (χ3n) is 4.28. The molecule has 4 unspecified atom stereocenters. The summed E-state index contributed by atoms with van der Waals surface area (Å²) in [5, 5.41) is 10.9. The van der Waals surface area contributed by atoms with Crippen molar-refractivity contribution in [3.63, 3.8) is 0 Å². The van der Waals surface area contributed by atoms with Gasteiger partial charge in [-0.15, -0.1) is 0 Å². The summed E-state index contributed by atoms with van der Waals surface area (Å²) < 4.78 is 5.18. The molecule has 0 N–H and O–H groups in total. The smallest absolute Gasteiger partial charge is 0.119 e. The molecule has 0 amide bonds. The molecule has 1 aromatic carbocycles. The maximum Gasteiger partial charge on any atom is 0.119 e. The van der Waals surface area contributed by atoms with Crippen LogP contribution in [0, 0.1) is 11.8 Å². The molecular weight excluding hydrogens is 226 g/mol. The summed E-state index contributed by atoms with van der Waals surface area (Å²) in [6.07, 6.45) is 5.88. The van der Waals surface area contributed by atoms with Crippen LogP contribution in [-0.4, -0.2) is 19.2 Å². The van der Waals surface area contributed by atoms with Gasteiger partial charge in [0.1, 0.15) is 11.8 Å². The summed E-state index contributed by atoms with van der Waals surface area (Å²) in [4.78, 5) is 0. The first-order valence-electron chi connectivity index (χ1n) is 6.39. The van der Waals surface area contributed by atoms with E-state index in [2.05, 4.69) is 39.6 Å². The second-order valence-corrected chi connectivity index (χ2v) is 5.18. The van der Waals surface area contributed by atoms with Gasteiger partial charge in [0, 0.05) is 11.8 Å². The number of hydrogen-bond donors (Lipinski definition) is 0. The molecule has 92 valence electrons. The largest absolute Gasteiger partial charge is 0.497 e. The first-order chi connectivity index (χ1) is 8.86. The van der Waals surface area contributed by atoms with Crippen LogP contribution in [0.3, 0.4) is 0 Å². The predicted octanol–water partition coefficient (Wildman–Crippen LogP) is 2.83. The maximum atomic E-state index is 5.18. The fourth-order valence-corrected chi connectivity index (χ4v) is 3.38. The third kappa shape index (κ3) is 1.26. The highest BCUT2D eigenvalue weighted by Crippen LogP contribution is 2.47. The lowest BCUT2D eigenvalue weighted by atomic mass is 9.96. The fraction of sp³-hybridized carbons (Fsp3) is 0.429. The van der Waals surface area contributed by atoms with Gasteiger partial charge in [-0.3, -0.25) is 0 Å². The van der Waals surface area contributed by atoms with Crippen LogP contribution in [0.1, 0.15) is 6.42 Å². The van der Waals surface area contributed by atoms with E-state index in [0.29, 0.717) is 23.9 Å². The van der Waals surface area contributed by atoms with E-state index in [1.165, 1.54) is 6.42 Å². The lowest BCUT2D eigenvalue weighted by Crippen LogP contribution is -2.37. The van der Waals surface area contributed by atoms with Crippen LogP contribution in [-0.2, 0) is 0 Å². The number of nitrogens with zero attached hydrogens (tertiary/aromatic N) is 3. The molecule has 3 aliphatic rings. The van der Waals surface area contributed by atoms with Crippen molar-refractivity contribution < 1.29 is 4.74 Å². The monoisotopic (exact) mass is 241 g/mol. The molecule has 2 aliphatic carbocycles. The van der Waals surface area contributed by atoms with Gasteiger partial charge in [0.15, 0.2) is 0 Å². The van der Waals surface area contributed by atoms with Crippen LogP contribution in [0.15, 0.2) is 46.8 Å². The highest BCUT2D eigenvalue weighted by molar-refractivity contribution is 5.51. The van der Waals surface area contributed by atoms with Gasteiger partial charge in [-0.05, 0) is 30.7 Å². The lowest BCUT2D eigenvalue weighted by Gasteiger charge is -2.26. The van der Waals surface area contributed by atoms with Crippen LogP contribution < -0.4 is 9.75 Å². The molecule has 18 heavy (non-hydrogen) atoms. The second kappa shape index (κ2) is 3.57. The molecule has 4 heteroatoms. The van der Waals surface area contributed by atoms with E-state index < -0.39 is 0 Å². The highest BCUT2D eigenvalue weighted by Gasteiger charge is 2.51. The molecule has 1 saturated carbocycles. The van der Waals surface area contributed by atoms with E-state index in [0.717, 1.165) is 11.4 Å². The topological polar surface area (TPSA) is 37.2 Å². The van der Waals surface area contributed by atoms with E-state index >= 15 is 0 Å². The molecule has 0 radical (unpaired) electrons. The molecular formula is C14H15N3O. The first kappa shape index (κ1) is 10.1. The van der Waals surface area contributed by atoms with Gasteiger partial charge in [-0.1, -0.05) is 17.4 Å². The van der Waals surface area contributed by atoms with Gasteiger partial charge >= 0.3 is 0 Å². The quantitative estimate of drug-likeness (QED) is 0.747. The van der Waals surface area contributed by atoms with Crippen molar-refractivity contribution in [2.75, 3.05) is 12.1 Å². The minimum atomic E-state index is 0.363. The van der Waals surface area contributed by atoms with Crippen molar-refractivity contribution in [1.29, 1.82) is 0 Å². The Morgan fingerprint density at radius 2 is 1.94 bits per heavy atom. The Hall–Kier alpha value is -1.84. The zero-order chi connectivity index (χ0) is 12.1. The van der Waals surface area contributed by atoms with E-state index in [9.17, 15) is 0 Å². The normalized spacial score (nSPS) is 35.3. The molecule has 4 atom stereocenters. The van der Waals surface area contributed by atoms with Gasteiger partial charge in [-0.25, -0.2) is 5.01 Å². The SMILES string of the molecule is COc1ccc(N2N=NC3C4C=CC(C4)C32)cc1. The van der Waals surface area contributed by atoms with E-state index in [-0.39, 0.29) is 0 Å². The Labute approximate surface area is 106 Å².